The maximum absolute atomic E-state index is 12.8. The minimum absolute atomic E-state index is 0.104. The first-order valence-electron chi connectivity index (χ1n) is 8.59. The average molecular weight is 352 g/mol. The van der Waals surface area contributed by atoms with Crippen LogP contribution in [0.2, 0.25) is 0 Å². The number of hydrogen-bond donors (Lipinski definition) is 1. The molecule has 1 aromatic carbocycles. The number of carbonyl (C=O) groups excluding carboxylic acids is 1. The van der Waals surface area contributed by atoms with E-state index in [1.165, 1.54) is 0 Å². The quantitative estimate of drug-likeness (QED) is 0.778. The summed E-state index contributed by atoms with van der Waals surface area (Å²) in [6, 6.07) is 15.7. The summed E-state index contributed by atoms with van der Waals surface area (Å²) in [5.74, 6) is 0.258. The Labute approximate surface area is 150 Å². The molecule has 4 nitrogen and oxygen atoms in total. The van der Waals surface area contributed by atoms with E-state index in [4.69, 9.17) is 0 Å². The van der Waals surface area contributed by atoms with Crippen molar-refractivity contribution in [1.29, 1.82) is 0 Å². The Balaban J connectivity index is 1.42. The molecule has 5 heteroatoms. The number of aliphatic hydroxyl groups is 1. The van der Waals surface area contributed by atoms with Crippen molar-refractivity contribution in [2.45, 2.75) is 18.9 Å². The molecule has 3 aromatic rings. The highest BCUT2D eigenvalue weighted by Crippen LogP contribution is 2.32. The van der Waals surface area contributed by atoms with Crippen molar-refractivity contribution >= 4 is 27.3 Å². The lowest BCUT2D eigenvalue weighted by Gasteiger charge is -2.33. The fourth-order valence-corrected chi connectivity index (χ4v) is 4.48. The number of aromatic nitrogens is 1. The molecule has 1 fully saturated rings. The summed E-state index contributed by atoms with van der Waals surface area (Å²) >= 11 is 1.55. The van der Waals surface area contributed by atoms with E-state index in [9.17, 15) is 9.90 Å². The van der Waals surface area contributed by atoms with Gasteiger partial charge in [0.2, 0.25) is 0 Å². The Bertz CT molecular complexity index is 837. The van der Waals surface area contributed by atoms with E-state index < -0.39 is 6.10 Å². The second-order valence-electron chi connectivity index (χ2n) is 6.48. The van der Waals surface area contributed by atoms with Crippen molar-refractivity contribution in [2.75, 3.05) is 13.1 Å². The fraction of sp³-hybridized carbons (Fsp3) is 0.300. The molecule has 1 N–H and O–H groups in total. The van der Waals surface area contributed by atoms with E-state index in [1.54, 1.807) is 17.5 Å². The summed E-state index contributed by atoms with van der Waals surface area (Å²) in [7, 11) is 0. The maximum Gasteiger partial charge on any atom is 0.263 e. The zero-order chi connectivity index (χ0) is 17.2. The largest absolute Gasteiger partial charge is 0.387 e. The van der Waals surface area contributed by atoms with Crippen molar-refractivity contribution in [3.8, 4) is 0 Å². The molecule has 1 saturated heterocycles. The first-order valence-corrected chi connectivity index (χ1v) is 9.41. The molecule has 3 heterocycles. The van der Waals surface area contributed by atoms with Crippen molar-refractivity contribution in [3.63, 3.8) is 0 Å². The predicted molar refractivity (Wildman–Crippen MR) is 99.6 cm³/mol. The second kappa shape index (κ2) is 6.94. The number of piperidine rings is 1. The molecule has 0 bridgehead atoms. The molecule has 4 rings (SSSR count). The van der Waals surface area contributed by atoms with Crippen LogP contribution in [0.15, 0.2) is 54.7 Å². The molecule has 2 aromatic heterocycles. The Hall–Kier alpha value is -2.24. The van der Waals surface area contributed by atoms with Crippen LogP contribution in [0.25, 0.3) is 10.1 Å². The maximum atomic E-state index is 12.8. The summed E-state index contributed by atoms with van der Waals surface area (Å²) in [5, 5.41) is 11.6. The van der Waals surface area contributed by atoms with E-state index in [0.717, 1.165) is 33.5 Å². The third kappa shape index (κ3) is 3.30. The molecule has 1 atom stereocenters. The molecular weight excluding hydrogens is 332 g/mol. The smallest absolute Gasteiger partial charge is 0.263 e. The van der Waals surface area contributed by atoms with Gasteiger partial charge >= 0.3 is 0 Å². The van der Waals surface area contributed by atoms with Gasteiger partial charge in [-0.2, -0.15) is 0 Å². The van der Waals surface area contributed by atoms with E-state index >= 15 is 0 Å². The van der Waals surface area contributed by atoms with E-state index in [0.29, 0.717) is 13.1 Å². The summed E-state index contributed by atoms with van der Waals surface area (Å²) in [6.07, 6.45) is 2.75. The molecule has 1 aliphatic rings. The lowest BCUT2D eigenvalue weighted by atomic mass is 9.89. The number of nitrogens with zero attached hydrogens (tertiary/aromatic N) is 2. The van der Waals surface area contributed by atoms with Crippen LogP contribution in [0.3, 0.4) is 0 Å². The molecule has 1 amide bonds. The van der Waals surface area contributed by atoms with Gasteiger partial charge in [0, 0.05) is 24.0 Å². The highest BCUT2D eigenvalue weighted by molar-refractivity contribution is 7.20. The van der Waals surface area contributed by atoms with Crippen LogP contribution in [-0.2, 0) is 0 Å². The fourth-order valence-electron chi connectivity index (χ4n) is 3.45. The van der Waals surface area contributed by atoms with Crippen LogP contribution in [0, 0.1) is 5.92 Å². The number of thiophene rings is 1. The Morgan fingerprint density at radius 3 is 2.64 bits per heavy atom. The minimum Gasteiger partial charge on any atom is -0.387 e. The lowest BCUT2D eigenvalue weighted by Crippen LogP contribution is -2.39. The second-order valence-corrected chi connectivity index (χ2v) is 7.56. The zero-order valence-corrected chi connectivity index (χ0v) is 14.7. The molecular formula is C20H20N2O2S. The van der Waals surface area contributed by atoms with Gasteiger partial charge in [-0.3, -0.25) is 9.78 Å². The first kappa shape index (κ1) is 16.2. The highest BCUT2D eigenvalue weighted by Gasteiger charge is 2.29. The number of hydrogen-bond acceptors (Lipinski definition) is 4. The van der Waals surface area contributed by atoms with E-state index in [-0.39, 0.29) is 11.8 Å². The number of amides is 1. The van der Waals surface area contributed by atoms with Crippen molar-refractivity contribution in [2.24, 2.45) is 5.92 Å². The number of fused-ring (bicyclic) bond motifs is 1. The summed E-state index contributed by atoms with van der Waals surface area (Å²) in [5.41, 5.74) is 0.719. The Kier molecular flexibility index (Phi) is 4.51. The Morgan fingerprint density at radius 2 is 1.92 bits per heavy atom. The summed E-state index contributed by atoms with van der Waals surface area (Å²) < 4.78 is 1.14. The van der Waals surface area contributed by atoms with Crippen LogP contribution in [0.5, 0.6) is 0 Å². The molecule has 0 saturated carbocycles. The van der Waals surface area contributed by atoms with Gasteiger partial charge in [0.15, 0.2) is 0 Å². The lowest BCUT2D eigenvalue weighted by molar-refractivity contribution is 0.0450. The van der Waals surface area contributed by atoms with Gasteiger partial charge in [-0.05, 0) is 48.4 Å². The zero-order valence-electron chi connectivity index (χ0n) is 13.8. The number of likely N-dealkylation sites (tertiary alicyclic amines) is 1. The first-order chi connectivity index (χ1) is 12.2. The summed E-state index contributed by atoms with van der Waals surface area (Å²) in [6.45, 7) is 1.36. The van der Waals surface area contributed by atoms with Gasteiger partial charge in [0.05, 0.1) is 16.7 Å². The third-order valence-electron chi connectivity index (χ3n) is 4.90. The third-order valence-corrected chi connectivity index (χ3v) is 6.00. The van der Waals surface area contributed by atoms with Crippen LogP contribution in [-0.4, -0.2) is 34.0 Å². The molecule has 1 aliphatic heterocycles. The number of benzene rings is 1. The molecule has 0 aliphatic carbocycles. The Morgan fingerprint density at radius 1 is 1.16 bits per heavy atom. The summed E-state index contributed by atoms with van der Waals surface area (Å²) in [4.78, 5) is 19.7. The number of rotatable bonds is 3. The molecule has 0 unspecified atom stereocenters. The van der Waals surface area contributed by atoms with Crippen LogP contribution >= 0.6 is 11.3 Å². The van der Waals surface area contributed by atoms with Gasteiger partial charge in [-0.25, -0.2) is 0 Å². The van der Waals surface area contributed by atoms with Gasteiger partial charge < -0.3 is 10.0 Å². The molecule has 0 spiro atoms. The number of aliphatic hydroxyl groups excluding tert-OH is 1. The van der Waals surface area contributed by atoms with Crippen LogP contribution < -0.4 is 0 Å². The molecule has 128 valence electrons. The molecule has 0 radical (unpaired) electrons. The van der Waals surface area contributed by atoms with E-state index in [2.05, 4.69) is 4.98 Å². The van der Waals surface area contributed by atoms with Crippen molar-refractivity contribution in [1.82, 2.24) is 9.88 Å². The average Bonchev–Trinajstić information content (AvgIpc) is 3.12. The predicted octanol–water partition coefficient (Wildman–Crippen LogP) is 3.88. The minimum atomic E-state index is -0.553. The standard InChI is InChI=1S/C20H20N2O2S/c23-19(16-6-3-4-10-21-16)14-8-11-22(12-9-14)20(24)18-13-15-5-1-2-7-17(15)25-18/h1-7,10,13-14,19,23H,8-9,11-12H2/t19-/m1/s1. The topological polar surface area (TPSA) is 53.4 Å². The van der Waals surface area contributed by atoms with E-state index in [1.807, 2.05) is 53.4 Å². The molecule has 25 heavy (non-hydrogen) atoms. The highest BCUT2D eigenvalue weighted by atomic mass is 32.1. The monoisotopic (exact) mass is 352 g/mol. The SMILES string of the molecule is O=C(c1cc2ccccc2s1)N1CCC([C@@H](O)c2ccccn2)CC1. The van der Waals surface area contributed by atoms with Crippen molar-refractivity contribution < 1.29 is 9.90 Å². The van der Waals surface area contributed by atoms with Gasteiger partial charge in [0.1, 0.15) is 0 Å². The number of pyridine rings is 1. The van der Waals surface area contributed by atoms with Gasteiger partial charge in [-0.1, -0.05) is 24.3 Å². The number of carbonyl (C=O) groups is 1. The van der Waals surface area contributed by atoms with Gasteiger partial charge in [-0.15, -0.1) is 11.3 Å². The van der Waals surface area contributed by atoms with Crippen molar-refractivity contribution in [3.05, 3.63) is 65.3 Å². The van der Waals surface area contributed by atoms with Gasteiger partial charge in [0.25, 0.3) is 5.91 Å². The van der Waals surface area contributed by atoms with Crippen LogP contribution in [0.4, 0.5) is 0 Å². The normalized spacial score (nSPS) is 16.9. The van der Waals surface area contributed by atoms with Crippen LogP contribution in [0.1, 0.15) is 34.3 Å².